The van der Waals surface area contributed by atoms with Gasteiger partial charge in [0.05, 0.1) is 17.7 Å². The van der Waals surface area contributed by atoms with Gasteiger partial charge in [-0.1, -0.05) is 0 Å². The Hall–Kier alpha value is -0.760. The van der Waals surface area contributed by atoms with Crippen molar-refractivity contribution in [2.45, 2.75) is 12.5 Å². The molecule has 2 N–H and O–H groups in total. The number of amides is 1. The number of hydrogen-bond donors (Lipinski definition) is 2. The van der Waals surface area contributed by atoms with Crippen molar-refractivity contribution in [3.05, 3.63) is 17.0 Å². The van der Waals surface area contributed by atoms with Crippen molar-refractivity contribution in [2.75, 3.05) is 30.5 Å². The summed E-state index contributed by atoms with van der Waals surface area (Å²) in [6.07, 6.45) is 0.457. The summed E-state index contributed by atoms with van der Waals surface area (Å²) >= 11 is 3.19. The van der Waals surface area contributed by atoms with Gasteiger partial charge in [-0.15, -0.1) is 23.7 Å². The lowest BCUT2D eigenvalue weighted by Crippen LogP contribution is -2.39. The average molecular weight is 337 g/mol. The van der Waals surface area contributed by atoms with Gasteiger partial charge in [0.15, 0.2) is 0 Å². The van der Waals surface area contributed by atoms with E-state index in [1.54, 1.807) is 11.4 Å². The van der Waals surface area contributed by atoms with Crippen molar-refractivity contribution in [1.29, 1.82) is 0 Å². The molecule has 2 rings (SSSR count). The van der Waals surface area contributed by atoms with Gasteiger partial charge in [0.25, 0.3) is 0 Å². The van der Waals surface area contributed by atoms with Gasteiger partial charge in [-0.3, -0.25) is 4.79 Å². The van der Waals surface area contributed by atoms with E-state index in [-0.39, 0.29) is 30.3 Å². The Morgan fingerprint density at radius 3 is 3.00 bits per heavy atom. The van der Waals surface area contributed by atoms with Crippen LogP contribution < -0.4 is 10.6 Å². The second-order valence-electron chi connectivity index (χ2n) is 4.17. The molecule has 0 saturated carbocycles. The molecule has 1 aliphatic rings. The molecule has 1 atom stereocenters. The van der Waals surface area contributed by atoms with Gasteiger partial charge in [-0.2, -0.15) is 11.8 Å². The van der Waals surface area contributed by atoms with Crippen LogP contribution in [0.4, 0.5) is 5.00 Å². The van der Waals surface area contributed by atoms with Crippen LogP contribution >= 0.6 is 35.5 Å². The molecule has 2 heterocycles. The zero-order chi connectivity index (χ0) is 13.7. The van der Waals surface area contributed by atoms with Crippen molar-refractivity contribution < 1.29 is 14.3 Å². The van der Waals surface area contributed by atoms with Gasteiger partial charge in [-0.25, -0.2) is 4.79 Å². The first-order chi connectivity index (χ1) is 9.19. The van der Waals surface area contributed by atoms with Crippen molar-refractivity contribution in [2.24, 2.45) is 0 Å². The van der Waals surface area contributed by atoms with Crippen LogP contribution in [-0.4, -0.2) is 43.1 Å². The number of esters is 1. The molecule has 0 radical (unpaired) electrons. The maximum atomic E-state index is 11.9. The summed E-state index contributed by atoms with van der Waals surface area (Å²) in [5.41, 5.74) is 0.467. The third kappa shape index (κ3) is 4.97. The topological polar surface area (TPSA) is 67.4 Å². The van der Waals surface area contributed by atoms with E-state index in [2.05, 4.69) is 15.4 Å². The van der Waals surface area contributed by atoms with Gasteiger partial charge in [0.1, 0.15) is 0 Å². The summed E-state index contributed by atoms with van der Waals surface area (Å²) in [6.45, 7) is 0.952. The maximum Gasteiger partial charge on any atom is 0.338 e. The van der Waals surface area contributed by atoms with Gasteiger partial charge < -0.3 is 15.4 Å². The van der Waals surface area contributed by atoms with Crippen LogP contribution in [0, 0.1) is 0 Å². The zero-order valence-electron chi connectivity index (χ0n) is 11.0. The second-order valence-corrected chi connectivity index (χ2v) is 6.23. The number of rotatable bonds is 4. The molecule has 20 heavy (non-hydrogen) atoms. The molecule has 1 amide bonds. The first-order valence-corrected chi connectivity index (χ1v) is 8.00. The zero-order valence-corrected chi connectivity index (χ0v) is 13.5. The number of carbonyl (C=O) groups excluding carboxylic acids is 2. The molecule has 0 spiro atoms. The van der Waals surface area contributed by atoms with Gasteiger partial charge in [0, 0.05) is 35.9 Å². The van der Waals surface area contributed by atoms with Crippen LogP contribution in [0.1, 0.15) is 16.8 Å². The summed E-state index contributed by atoms with van der Waals surface area (Å²) in [7, 11) is 1.34. The van der Waals surface area contributed by atoms with Crippen LogP contribution in [0.3, 0.4) is 0 Å². The summed E-state index contributed by atoms with van der Waals surface area (Å²) in [5.74, 6) is 1.65. The minimum absolute atomic E-state index is 0. The van der Waals surface area contributed by atoms with Crippen LogP contribution in [0.5, 0.6) is 0 Å². The third-order valence-corrected chi connectivity index (χ3v) is 4.69. The lowest BCUT2D eigenvalue weighted by atomic mass is 10.2. The lowest BCUT2D eigenvalue weighted by Gasteiger charge is -2.22. The number of carbonyl (C=O) groups is 2. The normalized spacial score (nSPS) is 17.9. The number of thiophene rings is 1. The van der Waals surface area contributed by atoms with E-state index in [0.717, 1.165) is 18.1 Å². The number of anilines is 1. The number of hydrogen-bond acceptors (Lipinski definition) is 6. The number of nitrogens with one attached hydrogen (secondary N) is 2. The summed E-state index contributed by atoms with van der Waals surface area (Å²) in [4.78, 5) is 23.1. The first kappa shape index (κ1) is 17.3. The predicted octanol–water partition coefficient (Wildman–Crippen LogP) is 1.99. The molecule has 1 aromatic heterocycles. The highest BCUT2D eigenvalue weighted by atomic mass is 35.5. The third-order valence-electron chi connectivity index (χ3n) is 2.71. The van der Waals surface area contributed by atoms with Crippen molar-refractivity contribution >= 4 is 52.4 Å². The monoisotopic (exact) mass is 336 g/mol. The van der Waals surface area contributed by atoms with E-state index >= 15 is 0 Å². The van der Waals surface area contributed by atoms with Crippen LogP contribution in [0.2, 0.25) is 0 Å². The van der Waals surface area contributed by atoms with Gasteiger partial charge >= 0.3 is 5.97 Å². The average Bonchev–Trinajstić information content (AvgIpc) is 2.87. The molecule has 1 fully saturated rings. The van der Waals surface area contributed by atoms with E-state index in [4.69, 9.17) is 0 Å². The van der Waals surface area contributed by atoms with Crippen LogP contribution in [-0.2, 0) is 9.53 Å². The highest BCUT2D eigenvalue weighted by molar-refractivity contribution is 7.99. The quantitative estimate of drug-likeness (QED) is 0.823. The smallest absolute Gasteiger partial charge is 0.338 e. The molecule has 8 heteroatoms. The highest BCUT2D eigenvalue weighted by Gasteiger charge is 2.17. The molecule has 1 unspecified atom stereocenters. The van der Waals surface area contributed by atoms with Crippen LogP contribution in [0.15, 0.2) is 11.4 Å². The fourth-order valence-corrected chi connectivity index (χ4v) is 3.52. The Morgan fingerprint density at radius 2 is 2.35 bits per heavy atom. The van der Waals surface area contributed by atoms with Gasteiger partial charge in [-0.05, 0) is 6.07 Å². The molecule has 5 nitrogen and oxygen atoms in total. The fraction of sp³-hybridized carbons (Fsp3) is 0.500. The van der Waals surface area contributed by atoms with Gasteiger partial charge in [0.2, 0.25) is 5.91 Å². The van der Waals surface area contributed by atoms with Crippen molar-refractivity contribution in [3.63, 3.8) is 0 Å². The van der Waals surface area contributed by atoms with E-state index < -0.39 is 0 Å². The van der Waals surface area contributed by atoms with Crippen LogP contribution in [0.25, 0.3) is 0 Å². The first-order valence-electron chi connectivity index (χ1n) is 5.97. The number of methoxy groups -OCH3 is 1. The largest absolute Gasteiger partial charge is 0.465 e. The molecule has 1 aliphatic heterocycles. The SMILES string of the molecule is COC(=O)c1csc(NC(=O)CC2CSCCN2)c1.Cl. The minimum Gasteiger partial charge on any atom is -0.465 e. The summed E-state index contributed by atoms with van der Waals surface area (Å²) in [5, 5.41) is 8.48. The molecule has 0 bridgehead atoms. The summed E-state index contributed by atoms with van der Waals surface area (Å²) < 4.78 is 4.62. The standard InChI is InChI=1S/C12H16N2O3S2.ClH/c1-17-12(16)8-4-11(19-6-8)14-10(15)5-9-7-18-3-2-13-9;/h4,6,9,13H,2-3,5,7H2,1H3,(H,14,15);1H. The Bertz CT molecular complexity index is 461. The lowest BCUT2D eigenvalue weighted by molar-refractivity contribution is -0.116. The Balaban J connectivity index is 0.00000200. The van der Waals surface area contributed by atoms with E-state index in [9.17, 15) is 9.59 Å². The molecule has 1 aromatic rings. The second kappa shape index (κ2) is 8.51. The number of halogens is 1. The van der Waals surface area contributed by atoms with Crippen molar-refractivity contribution in [1.82, 2.24) is 5.32 Å². The molecule has 112 valence electrons. The fourth-order valence-electron chi connectivity index (χ4n) is 1.79. The van der Waals surface area contributed by atoms with E-state index in [1.807, 2.05) is 11.8 Å². The molecule has 0 aliphatic carbocycles. The molecule has 1 saturated heterocycles. The van der Waals surface area contributed by atoms with E-state index in [0.29, 0.717) is 17.0 Å². The van der Waals surface area contributed by atoms with E-state index in [1.165, 1.54) is 18.4 Å². The molecular weight excluding hydrogens is 320 g/mol. The maximum absolute atomic E-state index is 11.9. The summed E-state index contributed by atoms with van der Waals surface area (Å²) in [6, 6.07) is 1.87. The van der Waals surface area contributed by atoms with Crippen molar-refractivity contribution in [3.8, 4) is 0 Å². The minimum atomic E-state index is -0.387. The highest BCUT2D eigenvalue weighted by Crippen LogP contribution is 2.21. The predicted molar refractivity (Wildman–Crippen MR) is 85.3 cm³/mol. The molecular formula is C12H17ClN2O3S2. The molecule has 0 aromatic carbocycles. The number of thioether (sulfide) groups is 1. The number of ether oxygens (including phenoxy) is 1. The Labute approximate surface area is 132 Å². The Morgan fingerprint density at radius 1 is 1.55 bits per heavy atom. The Kier molecular flexibility index (Phi) is 7.36.